The maximum atomic E-state index is 12.7. The molecule has 0 atom stereocenters. The topological polar surface area (TPSA) is 127 Å². The van der Waals surface area contributed by atoms with Gasteiger partial charge in [-0.25, -0.2) is 21.6 Å². The zero-order valence-electron chi connectivity index (χ0n) is 16.4. The normalized spacial score (nSPS) is 11.8. The van der Waals surface area contributed by atoms with Gasteiger partial charge in [0, 0.05) is 18.3 Å². The number of carbonyl (C=O) groups excluding carboxylic acids is 1. The molecule has 1 aromatic heterocycles. The summed E-state index contributed by atoms with van der Waals surface area (Å²) in [5, 5.41) is 4.10. The van der Waals surface area contributed by atoms with Crippen LogP contribution in [0.2, 0.25) is 0 Å². The maximum Gasteiger partial charge on any atom is 0.265 e. The molecular weight excluding hydrogens is 428 g/mol. The van der Waals surface area contributed by atoms with E-state index in [4.69, 9.17) is 0 Å². The Bertz CT molecular complexity index is 1300. The Morgan fingerprint density at radius 2 is 1.50 bits per heavy atom. The summed E-state index contributed by atoms with van der Waals surface area (Å²) in [7, 11) is -6.39. The molecule has 1 amide bonds. The predicted octanol–water partition coefficient (Wildman–Crippen LogP) is 1.96. The van der Waals surface area contributed by atoms with Crippen LogP contribution in [-0.2, 0) is 27.1 Å². The SMILES string of the molecule is Cc1nn(C)c(C)c1S(=O)(=O)Nc1ccc(S(=O)(=O)NC(=O)c2ccccc2)cc1. The van der Waals surface area contributed by atoms with Gasteiger partial charge in [0.25, 0.3) is 26.0 Å². The average Bonchev–Trinajstić information content (AvgIpc) is 2.94. The van der Waals surface area contributed by atoms with Gasteiger partial charge in [-0.15, -0.1) is 0 Å². The number of nitrogens with zero attached hydrogens (tertiary/aromatic N) is 2. The standard InChI is InChI=1S/C19H20N4O5S2/c1-13-18(14(2)23(3)20-13)30(27,28)21-16-9-11-17(12-10-16)29(25,26)22-19(24)15-7-5-4-6-8-15/h4-12,21H,1-3H3,(H,22,24). The largest absolute Gasteiger partial charge is 0.280 e. The van der Waals surface area contributed by atoms with Crippen molar-refractivity contribution in [3.63, 3.8) is 0 Å². The van der Waals surface area contributed by atoms with E-state index in [1.165, 1.54) is 41.1 Å². The highest BCUT2D eigenvalue weighted by Gasteiger charge is 2.24. The van der Waals surface area contributed by atoms with Crippen LogP contribution in [0.4, 0.5) is 5.69 Å². The number of aryl methyl sites for hydroxylation is 2. The number of rotatable bonds is 6. The summed E-state index contributed by atoms with van der Waals surface area (Å²) < 4.78 is 56.2. The first-order valence-electron chi connectivity index (χ1n) is 8.76. The monoisotopic (exact) mass is 448 g/mol. The molecule has 158 valence electrons. The molecule has 0 unspecified atom stereocenters. The Morgan fingerprint density at radius 1 is 0.900 bits per heavy atom. The molecule has 30 heavy (non-hydrogen) atoms. The molecule has 9 nitrogen and oxygen atoms in total. The third-order valence-corrected chi connectivity index (χ3v) is 7.37. The molecule has 0 saturated heterocycles. The minimum absolute atomic E-state index is 0.0665. The molecule has 1 heterocycles. The highest BCUT2D eigenvalue weighted by atomic mass is 32.2. The fourth-order valence-corrected chi connectivity index (χ4v) is 5.35. The first-order valence-corrected chi connectivity index (χ1v) is 11.7. The average molecular weight is 449 g/mol. The van der Waals surface area contributed by atoms with Crippen molar-refractivity contribution in [1.82, 2.24) is 14.5 Å². The van der Waals surface area contributed by atoms with E-state index in [0.29, 0.717) is 11.4 Å². The number of carbonyl (C=O) groups is 1. The lowest BCUT2D eigenvalue weighted by molar-refractivity contribution is 0.0981. The first-order chi connectivity index (χ1) is 14.0. The summed E-state index contributed by atoms with van der Waals surface area (Å²) >= 11 is 0. The highest BCUT2D eigenvalue weighted by Crippen LogP contribution is 2.23. The number of hydrogen-bond acceptors (Lipinski definition) is 6. The van der Waals surface area contributed by atoms with Crippen LogP contribution in [0.15, 0.2) is 64.4 Å². The molecule has 0 fully saturated rings. The molecule has 0 saturated carbocycles. The molecule has 2 aromatic carbocycles. The van der Waals surface area contributed by atoms with E-state index in [-0.39, 0.29) is 21.0 Å². The number of hydrogen-bond donors (Lipinski definition) is 2. The van der Waals surface area contributed by atoms with E-state index in [1.54, 1.807) is 39.1 Å². The molecule has 0 aliphatic rings. The van der Waals surface area contributed by atoms with E-state index in [0.717, 1.165) is 0 Å². The van der Waals surface area contributed by atoms with Gasteiger partial charge in [-0.2, -0.15) is 5.10 Å². The minimum atomic E-state index is -4.12. The molecule has 0 aliphatic carbocycles. The van der Waals surface area contributed by atoms with E-state index in [1.807, 2.05) is 4.72 Å². The smallest absolute Gasteiger partial charge is 0.265 e. The zero-order chi connectivity index (χ0) is 22.1. The Labute approximate surface area is 174 Å². The third-order valence-electron chi connectivity index (χ3n) is 4.39. The Morgan fingerprint density at radius 3 is 2.03 bits per heavy atom. The van der Waals surface area contributed by atoms with Crippen LogP contribution in [0.1, 0.15) is 21.7 Å². The molecule has 0 radical (unpaired) electrons. The van der Waals surface area contributed by atoms with Crippen molar-refractivity contribution in [3.8, 4) is 0 Å². The van der Waals surface area contributed by atoms with Gasteiger partial charge in [0.15, 0.2) is 0 Å². The summed E-state index contributed by atoms with van der Waals surface area (Å²) in [6.45, 7) is 3.23. The quantitative estimate of drug-likeness (QED) is 0.593. The zero-order valence-corrected chi connectivity index (χ0v) is 18.1. The summed E-state index contributed by atoms with van der Waals surface area (Å²) in [5.41, 5.74) is 1.20. The van der Waals surface area contributed by atoms with Gasteiger partial charge >= 0.3 is 0 Å². The minimum Gasteiger partial charge on any atom is -0.280 e. The van der Waals surface area contributed by atoms with Crippen LogP contribution in [0, 0.1) is 13.8 Å². The lowest BCUT2D eigenvalue weighted by Crippen LogP contribution is -2.30. The Kier molecular flexibility index (Phi) is 5.68. The van der Waals surface area contributed by atoms with E-state index in [2.05, 4.69) is 9.82 Å². The molecule has 2 N–H and O–H groups in total. The Hall–Kier alpha value is -3.18. The van der Waals surface area contributed by atoms with Crippen molar-refractivity contribution in [3.05, 3.63) is 71.5 Å². The van der Waals surface area contributed by atoms with Gasteiger partial charge in [0.1, 0.15) is 4.90 Å². The van der Waals surface area contributed by atoms with Crippen molar-refractivity contribution >= 4 is 31.6 Å². The number of sulfonamides is 2. The van der Waals surface area contributed by atoms with Crippen LogP contribution >= 0.6 is 0 Å². The van der Waals surface area contributed by atoms with Crippen LogP contribution in [0.3, 0.4) is 0 Å². The van der Waals surface area contributed by atoms with E-state index < -0.39 is 26.0 Å². The third kappa shape index (κ3) is 4.36. The fourth-order valence-electron chi connectivity index (χ4n) is 2.88. The molecule has 11 heteroatoms. The van der Waals surface area contributed by atoms with Gasteiger partial charge in [0.2, 0.25) is 0 Å². The van der Waals surface area contributed by atoms with Crippen LogP contribution in [0.25, 0.3) is 0 Å². The van der Waals surface area contributed by atoms with Gasteiger partial charge in [-0.1, -0.05) is 18.2 Å². The van der Waals surface area contributed by atoms with Crippen LogP contribution in [0.5, 0.6) is 0 Å². The van der Waals surface area contributed by atoms with Gasteiger partial charge in [-0.3, -0.25) is 14.2 Å². The lowest BCUT2D eigenvalue weighted by Gasteiger charge is -2.10. The second-order valence-corrected chi connectivity index (χ2v) is 9.86. The summed E-state index contributed by atoms with van der Waals surface area (Å²) in [4.78, 5) is 12.0. The van der Waals surface area contributed by atoms with Crippen molar-refractivity contribution in [2.45, 2.75) is 23.6 Å². The van der Waals surface area contributed by atoms with Crippen molar-refractivity contribution < 1.29 is 21.6 Å². The lowest BCUT2D eigenvalue weighted by atomic mass is 10.2. The fraction of sp³-hybridized carbons (Fsp3) is 0.158. The Balaban J connectivity index is 1.80. The summed E-state index contributed by atoms with van der Waals surface area (Å²) in [5.74, 6) is -0.761. The molecular formula is C19H20N4O5S2. The molecule has 0 aliphatic heterocycles. The summed E-state index contributed by atoms with van der Waals surface area (Å²) in [6, 6.07) is 13.0. The molecule has 0 bridgehead atoms. The van der Waals surface area contributed by atoms with Gasteiger partial charge in [-0.05, 0) is 50.2 Å². The van der Waals surface area contributed by atoms with Crippen LogP contribution in [-0.4, -0.2) is 32.5 Å². The highest BCUT2D eigenvalue weighted by molar-refractivity contribution is 7.92. The number of benzene rings is 2. The maximum absolute atomic E-state index is 12.7. The van der Waals surface area contributed by atoms with E-state index in [9.17, 15) is 21.6 Å². The van der Waals surface area contributed by atoms with Crippen molar-refractivity contribution in [2.75, 3.05) is 4.72 Å². The first kappa shape index (κ1) is 21.5. The van der Waals surface area contributed by atoms with Crippen molar-refractivity contribution in [2.24, 2.45) is 7.05 Å². The van der Waals surface area contributed by atoms with Gasteiger partial charge in [0.05, 0.1) is 16.3 Å². The molecule has 3 rings (SSSR count). The summed E-state index contributed by atoms with van der Waals surface area (Å²) in [6.07, 6.45) is 0. The second kappa shape index (κ2) is 7.92. The van der Waals surface area contributed by atoms with Gasteiger partial charge < -0.3 is 0 Å². The number of aromatic nitrogens is 2. The van der Waals surface area contributed by atoms with E-state index >= 15 is 0 Å². The molecule has 0 spiro atoms. The predicted molar refractivity (Wildman–Crippen MR) is 111 cm³/mol. The number of amides is 1. The van der Waals surface area contributed by atoms with Crippen molar-refractivity contribution in [1.29, 1.82) is 0 Å². The number of nitrogens with one attached hydrogen (secondary N) is 2. The molecule has 3 aromatic rings. The second-order valence-electron chi connectivity index (χ2n) is 6.55. The van der Waals surface area contributed by atoms with Crippen LogP contribution < -0.4 is 9.44 Å². The number of anilines is 1.